The number of methoxy groups -OCH3 is 1. The van der Waals surface area contributed by atoms with Crippen LogP contribution in [-0.2, 0) is 19.5 Å². The summed E-state index contributed by atoms with van der Waals surface area (Å²) in [6, 6.07) is 6.30. The second-order valence-electron chi connectivity index (χ2n) is 5.01. The van der Waals surface area contributed by atoms with Gasteiger partial charge in [-0.2, -0.15) is 0 Å². The van der Waals surface area contributed by atoms with Gasteiger partial charge in [-0.25, -0.2) is 4.98 Å². The number of benzene rings is 1. The Bertz CT molecular complexity index is 589. The third-order valence-corrected chi connectivity index (χ3v) is 3.64. The van der Waals surface area contributed by atoms with Gasteiger partial charge in [0.1, 0.15) is 5.75 Å². The highest BCUT2D eigenvalue weighted by Crippen LogP contribution is 2.22. The molecule has 3 rings (SSSR count). The first-order valence-electron chi connectivity index (χ1n) is 6.65. The Hall–Kier alpha value is -1.81. The molecule has 19 heavy (non-hydrogen) atoms. The molecule has 0 bridgehead atoms. The maximum Gasteiger partial charge on any atom is 0.123 e. The molecule has 4 heteroatoms. The van der Waals surface area contributed by atoms with E-state index in [9.17, 15) is 0 Å². The highest BCUT2D eigenvalue weighted by molar-refractivity contribution is 5.37. The van der Waals surface area contributed by atoms with E-state index in [-0.39, 0.29) is 0 Å². The first kappa shape index (κ1) is 12.2. The number of nitrogens with one attached hydrogen (secondary N) is 1. The van der Waals surface area contributed by atoms with Crippen LogP contribution < -0.4 is 10.1 Å². The number of imidazole rings is 1. The number of fused-ring (bicyclic) bond motifs is 1. The Morgan fingerprint density at radius 2 is 2.32 bits per heavy atom. The minimum absolute atomic E-state index is 0.827. The number of hydrogen-bond acceptors (Lipinski definition) is 3. The highest BCUT2D eigenvalue weighted by Gasteiger charge is 2.15. The molecule has 0 aliphatic carbocycles. The Balaban J connectivity index is 1.93. The Labute approximate surface area is 113 Å². The second-order valence-corrected chi connectivity index (χ2v) is 5.01. The monoisotopic (exact) mass is 257 g/mol. The van der Waals surface area contributed by atoms with Gasteiger partial charge in [-0.15, -0.1) is 0 Å². The molecule has 0 fully saturated rings. The van der Waals surface area contributed by atoms with E-state index in [1.165, 1.54) is 22.5 Å². The van der Waals surface area contributed by atoms with Gasteiger partial charge in [0.05, 0.1) is 25.7 Å². The quantitative estimate of drug-likeness (QED) is 0.912. The van der Waals surface area contributed by atoms with Crippen molar-refractivity contribution in [2.75, 3.05) is 13.7 Å². The zero-order chi connectivity index (χ0) is 13.2. The molecule has 0 atom stereocenters. The average molecular weight is 257 g/mol. The van der Waals surface area contributed by atoms with Gasteiger partial charge in [0.2, 0.25) is 0 Å². The van der Waals surface area contributed by atoms with Crippen LogP contribution >= 0.6 is 0 Å². The molecule has 0 radical (unpaired) electrons. The summed E-state index contributed by atoms with van der Waals surface area (Å²) < 4.78 is 7.69. The Morgan fingerprint density at radius 1 is 1.42 bits per heavy atom. The maximum absolute atomic E-state index is 5.45. The van der Waals surface area contributed by atoms with Crippen molar-refractivity contribution >= 4 is 0 Å². The fourth-order valence-electron chi connectivity index (χ4n) is 2.65. The lowest BCUT2D eigenvalue weighted by Gasteiger charge is -2.16. The lowest BCUT2D eigenvalue weighted by atomic mass is 10.1. The minimum Gasteiger partial charge on any atom is -0.496 e. The smallest absolute Gasteiger partial charge is 0.123 e. The second kappa shape index (κ2) is 5.05. The number of nitrogens with zero attached hydrogens (tertiary/aromatic N) is 2. The van der Waals surface area contributed by atoms with Gasteiger partial charge in [0.15, 0.2) is 0 Å². The molecule has 0 amide bonds. The molecule has 100 valence electrons. The van der Waals surface area contributed by atoms with Crippen molar-refractivity contribution < 1.29 is 4.74 Å². The predicted octanol–water partition coefficient (Wildman–Crippen LogP) is 1.89. The minimum atomic E-state index is 0.827. The normalized spacial score (nSPS) is 14.2. The summed E-state index contributed by atoms with van der Waals surface area (Å²) in [4.78, 5) is 4.49. The molecule has 1 aliphatic heterocycles. The van der Waals surface area contributed by atoms with E-state index in [1.54, 1.807) is 7.11 Å². The van der Waals surface area contributed by atoms with Crippen LogP contribution in [-0.4, -0.2) is 23.2 Å². The zero-order valence-corrected chi connectivity index (χ0v) is 11.4. The summed E-state index contributed by atoms with van der Waals surface area (Å²) in [5.74, 6) is 0.946. The predicted molar refractivity (Wildman–Crippen MR) is 74.5 cm³/mol. The summed E-state index contributed by atoms with van der Waals surface area (Å²) >= 11 is 0. The number of hydrogen-bond donors (Lipinski definition) is 1. The summed E-state index contributed by atoms with van der Waals surface area (Å²) in [6.07, 6.45) is 2.99. The van der Waals surface area contributed by atoms with E-state index in [2.05, 4.69) is 33.9 Å². The summed E-state index contributed by atoms with van der Waals surface area (Å²) in [5, 5.41) is 3.35. The topological polar surface area (TPSA) is 39.1 Å². The van der Waals surface area contributed by atoms with Gasteiger partial charge >= 0.3 is 0 Å². The first-order chi connectivity index (χ1) is 9.28. The SMILES string of the molecule is COc1ccc(C)cc1Cn1cnc2c1CCNC2. The van der Waals surface area contributed by atoms with Crippen LogP contribution in [0.5, 0.6) is 5.75 Å². The van der Waals surface area contributed by atoms with Crippen LogP contribution in [0.3, 0.4) is 0 Å². The maximum atomic E-state index is 5.45. The van der Waals surface area contributed by atoms with E-state index in [0.29, 0.717) is 0 Å². The number of ether oxygens (including phenoxy) is 1. The molecular weight excluding hydrogens is 238 g/mol. The lowest BCUT2D eigenvalue weighted by Crippen LogP contribution is -2.25. The summed E-state index contributed by atoms with van der Waals surface area (Å²) in [5.41, 5.74) is 4.99. The van der Waals surface area contributed by atoms with Crippen molar-refractivity contribution in [3.8, 4) is 5.75 Å². The van der Waals surface area contributed by atoms with Crippen molar-refractivity contribution in [1.82, 2.24) is 14.9 Å². The molecule has 1 aromatic heterocycles. The number of rotatable bonds is 3. The van der Waals surface area contributed by atoms with E-state index in [4.69, 9.17) is 4.74 Å². The molecule has 0 unspecified atom stereocenters. The van der Waals surface area contributed by atoms with Crippen molar-refractivity contribution in [2.24, 2.45) is 0 Å². The van der Waals surface area contributed by atoms with Gasteiger partial charge in [-0.3, -0.25) is 0 Å². The number of aromatic nitrogens is 2. The van der Waals surface area contributed by atoms with E-state index >= 15 is 0 Å². The van der Waals surface area contributed by atoms with E-state index in [1.807, 2.05) is 12.4 Å². The largest absolute Gasteiger partial charge is 0.496 e. The highest BCUT2D eigenvalue weighted by atomic mass is 16.5. The summed E-state index contributed by atoms with van der Waals surface area (Å²) in [7, 11) is 1.72. The fraction of sp³-hybridized carbons (Fsp3) is 0.400. The lowest BCUT2D eigenvalue weighted by molar-refractivity contribution is 0.408. The van der Waals surface area contributed by atoms with Crippen LogP contribution in [0.25, 0.3) is 0 Å². The zero-order valence-electron chi connectivity index (χ0n) is 11.4. The summed E-state index contributed by atoms with van der Waals surface area (Å²) in [6.45, 7) is 4.85. The molecule has 0 saturated carbocycles. The third kappa shape index (κ3) is 2.36. The van der Waals surface area contributed by atoms with Crippen LogP contribution in [0, 0.1) is 6.92 Å². The molecule has 0 spiro atoms. The first-order valence-corrected chi connectivity index (χ1v) is 6.65. The molecule has 2 aromatic rings. The average Bonchev–Trinajstić information content (AvgIpc) is 2.83. The van der Waals surface area contributed by atoms with E-state index in [0.717, 1.165) is 31.8 Å². The molecule has 4 nitrogen and oxygen atoms in total. The van der Waals surface area contributed by atoms with Gasteiger partial charge in [-0.05, 0) is 13.0 Å². The Morgan fingerprint density at radius 3 is 3.16 bits per heavy atom. The van der Waals surface area contributed by atoms with E-state index < -0.39 is 0 Å². The van der Waals surface area contributed by atoms with Crippen molar-refractivity contribution in [2.45, 2.75) is 26.4 Å². The van der Waals surface area contributed by atoms with Gasteiger partial charge in [0.25, 0.3) is 0 Å². The molecule has 1 aromatic carbocycles. The van der Waals surface area contributed by atoms with Crippen molar-refractivity contribution in [3.05, 3.63) is 47.0 Å². The third-order valence-electron chi connectivity index (χ3n) is 3.64. The molecule has 1 N–H and O–H groups in total. The fourth-order valence-corrected chi connectivity index (χ4v) is 2.65. The van der Waals surface area contributed by atoms with Crippen LogP contribution in [0.15, 0.2) is 24.5 Å². The number of aryl methyl sites for hydroxylation is 1. The molecule has 2 heterocycles. The molecular formula is C15H19N3O. The van der Waals surface area contributed by atoms with Crippen molar-refractivity contribution in [3.63, 3.8) is 0 Å². The van der Waals surface area contributed by atoms with Crippen molar-refractivity contribution in [1.29, 1.82) is 0 Å². The van der Waals surface area contributed by atoms with Gasteiger partial charge < -0.3 is 14.6 Å². The Kier molecular flexibility index (Phi) is 3.25. The van der Waals surface area contributed by atoms with Gasteiger partial charge in [-0.1, -0.05) is 17.7 Å². The standard InChI is InChI=1S/C15H19N3O/c1-11-3-4-15(19-2)12(7-11)9-18-10-17-13-8-16-6-5-14(13)18/h3-4,7,10,16H,5-6,8-9H2,1-2H3. The van der Waals surface area contributed by atoms with Gasteiger partial charge in [0, 0.05) is 30.8 Å². The van der Waals surface area contributed by atoms with Crippen LogP contribution in [0.4, 0.5) is 0 Å². The molecule has 1 aliphatic rings. The molecule has 0 saturated heterocycles. The van der Waals surface area contributed by atoms with Crippen LogP contribution in [0.1, 0.15) is 22.5 Å². The van der Waals surface area contributed by atoms with Crippen LogP contribution in [0.2, 0.25) is 0 Å².